The first-order valence-corrected chi connectivity index (χ1v) is 11.7. The van der Waals surface area contributed by atoms with Crippen LogP contribution in [-0.4, -0.2) is 101 Å². The van der Waals surface area contributed by atoms with Gasteiger partial charge in [-0.2, -0.15) is 26.3 Å². The number of carboxylic acid groups (broad SMARTS) is 2. The molecule has 3 aliphatic rings. The second-order valence-corrected chi connectivity index (χ2v) is 9.26. The highest BCUT2D eigenvalue weighted by Crippen LogP contribution is 2.41. The zero-order valence-electron chi connectivity index (χ0n) is 20.3. The normalized spacial score (nSPS) is 21.2. The molecule has 1 spiro atoms. The Hall–Kier alpha value is -2.94. The Bertz CT molecular complexity index is 906. The molecule has 3 aliphatic heterocycles. The van der Waals surface area contributed by atoms with E-state index in [1.807, 2.05) is 12.1 Å². The van der Waals surface area contributed by atoms with Crippen molar-refractivity contribution in [3.05, 3.63) is 30.1 Å². The molecule has 0 radical (unpaired) electrons. The number of likely N-dealkylation sites (tertiary alicyclic amines) is 2. The SMILES string of the molecule is O=C(Cc1cccnc1)N1CCC2(CC1)CCN(C1CCOC1)C2.O=C(O)C(F)(F)F.O=C(O)C(F)(F)F. The molecule has 4 rings (SSSR count). The summed E-state index contributed by atoms with van der Waals surface area (Å²) in [5.41, 5.74) is 1.45. The number of rotatable bonds is 3. The number of piperidine rings is 1. The van der Waals surface area contributed by atoms with Crippen LogP contribution >= 0.6 is 0 Å². The summed E-state index contributed by atoms with van der Waals surface area (Å²) in [7, 11) is 0. The van der Waals surface area contributed by atoms with Gasteiger partial charge in [0.25, 0.3) is 0 Å². The minimum absolute atomic E-state index is 0.247. The predicted molar refractivity (Wildman–Crippen MR) is 119 cm³/mol. The molecule has 38 heavy (non-hydrogen) atoms. The fourth-order valence-corrected chi connectivity index (χ4v) is 4.52. The molecule has 214 valence electrons. The van der Waals surface area contributed by atoms with E-state index in [-0.39, 0.29) is 5.91 Å². The minimum Gasteiger partial charge on any atom is -0.475 e. The van der Waals surface area contributed by atoms with Crippen molar-refractivity contribution < 1.29 is 55.7 Å². The number of aromatic nitrogens is 1. The van der Waals surface area contributed by atoms with Crippen molar-refractivity contribution in [2.24, 2.45) is 5.41 Å². The number of alkyl halides is 6. The van der Waals surface area contributed by atoms with Crippen molar-refractivity contribution in [2.75, 3.05) is 39.4 Å². The summed E-state index contributed by atoms with van der Waals surface area (Å²) < 4.78 is 69.0. The van der Waals surface area contributed by atoms with Crippen molar-refractivity contribution in [2.45, 2.75) is 50.5 Å². The summed E-state index contributed by atoms with van der Waals surface area (Å²) in [6.45, 7) is 6.06. The van der Waals surface area contributed by atoms with Crippen LogP contribution in [-0.2, 0) is 25.5 Å². The molecule has 1 amide bonds. The van der Waals surface area contributed by atoms with Gasteiger partial charge >= 0.3 is 24.3 Å². The van der Waals surface area contributed by atoms with E-state index in [2.05, 4.69) is 14.8 Å². The fraction of sp³-hybridized carbons (Fsp3) is 0.652. The van der Waals surface area contributed by atoms with Crippen molar-refractivity contribution in [3.63, 3.8) is 0 Å². The maximum atomic E-state index is 12.5. The van der Waals surface area contributed by atoms with Gasteiger partial charge in [-0.1, -0.05) is 6.07 Å². The Balaban J connectivity index is 0.000000301. The zero-order valence-corrected chi connectivity index (χ0v) is 20.3. The van der Waals surface area contributed by atoms with Crippen LogP contribution in [0.5, 0.6) is 0 Å². The third-order valence-electron chi connectivity index (χ3n) is 6.63. The average molecular weight is 557 g/mol. The monoisotopic (exact) mass is 557 g/mol. The number of amides is 1. The highest BCUT2D eigenvalue weighted by molar-refractivity contribution is 5.78. The van der Waals surface area contributed by atoms with E-state index < -0.39 is 24.3 Å². The van der Waals surface area contributed by atoms with Crippen molar-refractivity contribution in [1.29, 1.82) is 0 Å². The van der Waals surface area contributed by atoms with E-state index in [9.17, 15) is 31.1 Å². The molecule has 1 unspecified atom stereocenters. The zero-order chi connectivity index (χ0) is 28.6. The Labute approximate surface area is 214 Å². The summed E-state index contributed by atoms with van der Waals surface area (Å²) in [4.78, 5) is 39.1. The Kier molecular flexibility index (Phi) is 10.9. The van der Waals surface area contributed by atoms with Crippen LogP contribution in [0.1, 0.15) is 31.2 Å². The number of hydrogen-bond donors (Lipinski definition) is 2. The summed E-state index contributed by atoms with van der Waals surface area (Å²) in [6.07, 6.45) is -1.38. The first-order chi connectivity index (χ1) is 17.6. The van der Waals surface area contributed by atoms with Gasteiger partial charge in [-0.3, -0.25) is 14.7 Å². The highest BCUT2D eigenvalue weighted by Gasteiger charge is 2.43. The third kappa shape index (κ3) is 9.74. The van der Waals surface area contributed by atoms with Crippen LogP contribution in [0.15, 0.2) is 24.5 Å². The van der Waals surface area contributed by atoms with E-state index >= 15 is 0 Å². The minimum atomic E-state index is -5.08. The average Bonchev–Trinajstić information content (AvgIpc) is 3.50. The van der Waals surface area contributed by atoms with Crippen LogP contribution in [0.4, 0.5) is 26.3 Å². The molecule has 4 heterocycles. The van der Waals surface area contributed by atoms with E-state index in [1.54, 1.807) is 12.4 Å². The number of ether oxygens (including phenoxy) is 1. The molecule has 0 bridgehead atoms. The van der Waals surface area contributed by atoms with Crippen molar-refractivity contribution in [1.82, 2.24) is 14.8 Å². The van der Waals surface area contributed by atoms with Gasteiger partial charge in [-0.25, -0.2) is 9.59 Å². The molecule has 3 fully saturated rings. The summed E-state index contributed by atoms with van der Waals surface area (Å²) in [5.74, 6) is -5.27. The van der Waals surface area contributed by atoms with Gasteiger partial charge in [0.1, 0.15) is 0 Å². The maximum Gasteiger partial charge on any atom is 0.490 e. The first kappa shape index (κ1) is 31.3. The van der Waals surface area contributed by atoms with Gasteiger partial charge < -0.3 is 19.8 Å². The lowest BCUT2D eigenvalue weighted by molar-refractivity contribution is -0.193. The van der Waals surface area contributed by atoms with Crippen LogP contribution < -0.4 is 0 Å². The van der Waals surface area contributed by atoms with Gasteiger partial charge in [0.05, 0.1) is 13.0 Å². The van der Waals surface area contributed by atoms with Gasteiger partial charge in [0.15, 0.2) is 0 Å². The summed E-state index contributed by atoms with van der Waals surface area (Å²) in [6, 6.07) is 4.51. The second kappa shape index (κ2) is 13.2. The molecular weight excluding hydrogens is 528 g/mol. The molecule has 0 aliphatic carbocycles. The number of hydrogen-bond acceptors (Lipinski definition) is 6. The lowest BCUT2D eigenvalue weighted by Gasteiger charge is -2.40. The van der Waals surface area contributed by atoms with Gasteiger partial charge in [0, 0.05) is 44.7 Å². The molecular formula is C23H29F6N3O6. The predicted octanol–water partition coefficient (Wildman–Crippen LogP) is 2.99. The van der Waals surface area contributed by atoms with Crippen LogP contribution in [0.2, 0.25) is 0 Å². The van der Waals surface area contributed by atoms with Crippen molar-refractivity contribution >= 4 is 17.8 Å². The van der Waals surface area contributed by atoms with Gasteiger partial charge in [-0.15, -0.1) is 0 Å². The van der Waals surface area contributed by atoms with E-state index in [1.165, 1.54) is 25.9 Å². The number of carbonyl (C=O) groups is 3. The highest BCUT2D eigenvalue weighted by atomic mass is 19.4. The molecule has 9 nitrogen and oxygen atoms in total. The number of carboxylic acids is 2. The Morgan fingerprint density at radius 3 is 2.00 bits per heavy atom. The Morgan fingerprint density at radius 2 is 1.55 bits per heavy atom. The third-order valence-corrected chi connectivity index (χ3v) is 6.63. The lowest BCUT2D eigenvalue weighted by Crippen LogP contribution is -2.45. The molecule has 0 aromatic carbocycles. The van der Waals surface area contributed by atoms with Gasteiger partial charge in [0.2, 0.25) is 5.91 Å². The molecule has 3 saturated heterocycles. The molecule has 15 heteroatoms. The molecule has 1 aromatic heterocycles. The number of carbonyl (C=O) groups excluding carboxylic acids is 1. The fourth-order valence-electron chi connectivity index (χ4n) is 4.52. The quantitative estimate of drug-likeness (QED) is 0.545. The van der Waals surface area contributed by atoms with Crippen LogP contribution in [0, 0.1) is 5.41 Å². The number of halogens is 6. The smallest absolute Gasteiger partial charge is 0.475 e. The van der Waals surface area contributed by atoms with E-state index in [0.717, 1.165) is 44.7 Å². The van der Waals surface area contributed by atoms with E-state index in [0.29, 0.717) is 17.9 Å². The molecule has 1 atom stereocenters. The second-order valence-electron chi connectivity index (χ2n) is 9.26. The summed E-state index contributed by atoms with van der Waals surface area (Å²) >= 11 is 0. The molecule has 1 aromatic rings. The number of nitrogens with zero attached hydrogens (tertiary/aromatic N) is 3. The lowest BCUT2D eigenvalue weighted by atomic mass is 9.77. The van der Waals surface area contributed by atoms with Gasteiger partial charge in [-0.05, 0) is 49.3 Å². The number of pyridine rings is 1. The topological polar surface area (TPSA) is 120 Å². The molecule has 0 saturated carbocycles. The largest absolute Gasteiger partial charge is 0.490 e. The standard InChI is InChI=1S/C19H27N3O2.2C2HF3O2/c23-18(12-16-2-1-7-20-13-16)21-8-4-19(5-9-21)6-10-22(15-19)17-3-11-24-14-17;2*3-2(4,5)1(6)7/h1-2,7,13,17H,3-6,8-12,14-15H2;2*(H,6,7). The van der Waals surface area contributed by atoms with Crippen LogP contribution in [0.25, 0.3) is 0 Å². The summed E-state index contributed by atoms with van der Waals surface area (Å²) in [5, 5.41) is 14.2. The Morgan fingerprint density at radius 1 is 1.00 bits per heavy atom. The maximum absolute atomic E-state index is 12.5. The van der Waals surface area contributed by atoms with Crippen LogP contribution in [0.3, 0.4) is 0 Å². The molecule has 2 N–H and O–H groups in total. The first-order valence-electron chi connectivity index (χ1n) is 11.7. The van der Waals surface area contributed by atoms with E-state index in [4.69, 9.17) is 24.5 Å². The van der Waals surface area contributed by atoms with Crippen molar-refractivity contribution in [3.8, 4) is 0 Å². The number of aliphatic carboxylic acids is 2.